The Hall–Kier alpha value is -0.250. The van der Waals surface area contributed by atoms with Crippen molar-refractivity contribution in [3.05, 3.63) is 0 Å². The van der Waals surface area contributed by atoms with Crippen molar-refractivity contribution >= 4 is 7.37 Å². The molecule has 1 aliphatic heterocycles. The Morgan fingerprint density at radius 3 is 2.82 bits per heavy atom. The Morgan fingerprint density at radius 2 is 2.36 bits per heavy atom. The van der Waals surface area contributed by atoms with Crippen LogP contribution < -0.4 is 0 Å². The lowest BCUT2D eigenvalue weighted by Crippen LogP contribution is -2.24. The summed E-state index contributed by atoms with van der Waals surface area (Å²) < 4.78 is 16.7. The third kappa shape index (κ3) is 2.09. The van der Waals surface area contributed by atoms with Crippen LogP contribution in [0.5, 0.6) is 0 Å². The van der Waals surface area contributed by atoms with E-state index in [-0.39, 0.29) is 12.0 Å². The second-order valence-electron chi connectivity index (χ2n) is 3.11. The summed E-state index contributed by atoms with van der Waals surface area (Å²) in [7, 11) is -2.29. The molecule has 0 bridgehead atoms. The monoisotopic (exact) mass is 172 g/mol. The first-order chi connectivity index (χ1) is 5.05. The lowest BCUT2D eigenvalue weighted by molar-refractivity contribution is 0.163. The topological polar surface area (TPSA) is 26.3 Å². The highest BCUT2D eigenvalue weighted by Gasteiger charge is 2.30. The molecule has 1 fully saturated rings. The van der Waals surface area contributed by atoms with Crippen LogP contribution in [0.4, 0.5) is 0 Å². The van der Waals surface area contributed by atoms with E-state index in [2.05, 4.69) is 5.92 Å². The summed E-state index contributed by atoms with van der Waals surface area (Å²) in [6.45, 7) is 3.57. The Kier molecular flexibility index (Phi) is 2.42. The Labute approximate surface area is 67.8 Å². The molecule has 0 aliphatic carbocycles. The number of terminal acetylenes is 1. The van der Waals surface area contributed by atoms with Gasteiger partial charge in [-0.3, -0.25) is 4.57 Å². The van der Waals surface area contributed by atoms with E-state index in [9.17, 15) is 4.57 Å². The van der Waals surface area contributed by atoms with Crippen LogP contribution in [-0.4, -0.2) is 18.9 Å². The molecule has 0 spiro atoms. The number of rotatable bonds is 0. The van der Waals surface area contributed by atoms with E-state index in [1.54, 1.807) is 6.66 Å². The summed E-state index contributed by atoms with van der Waals surface area (Å²) in [4.78, 5) is 0. The second kappa shape index (κ2) is 3.01. The van der Waals surface area contributed by atoms with E-state index in [0.29, 0.717) is 6.16 Å². The third-order valence-corrected chi connectivity index (χ3v) is 3.87. The van der Waals surface area contributed by atoms with Crippen molar-refractivity contribution in [1.29, 1.82) is 0 Å². The normalized spacial score (nSPS) is 44.8. The lowest BCUT2D eigenvalue weighted by atomic mass is 10.0. The summed E-state index contributed by atoms with van der Waals surface area (Å²) in [5, 5.41) is 0. The van der Waals surface area contributed by atoms with Gasteiger partial charge >= 0.3 is 0 Å². The average molecular weight is 172 g/mol. The van der Waals surface area contributed by atoms with Gasteiger partial charge in [0.2, 0.25) is 7.37 Å². The maximum atomic E-state index is 11.4. The van der Waals surface area contributed by atoms with E-state index in [1.165, 1.54) is 0 Å². The highest BCUT2D eigenvalue weighted by molar-refractivity contribution is 7.58. The maximum Gasteiger partial charge on any atom is 0.200 e. The van der Waals surface area contributed by atoms with Gasteiger partial charge in [0, 0.05) is 18.7 Å². The first kappa shape index (κ1) is 8.84. The van der Waals surface area contributed by atoms with Gasteiger partial charge in [0.05, 0.1) is 6.10 Å². The van der Waals surface area contributed by atoms with E-state index < -0.39 is 7.37 Å². The van der Waals surface area contributed by atoms with Crippen LogP contribution in [0.2, 0.25) is 0 Å². The van der Waals surface area contributed by atoms with Gasteiger partial charge in [-0.2, -0.15) is 0 Å². The smallest absolute Gasteiger partial charge is 0.200 e. The summed E-state index contributed by atoms with van der Waals surface area (Å²) in [5.74, 6) is 2.80. The summed E-state index contributed by atoms with van der Waals surface area (Å²) >= 11 is 0. The molecule has 1 rings (SSSR count). The molecule has 2 nitrogen and oxygen atoms in total. The summed E-state index contributed by atoms with van der Waals surface area (Å²) in [6.07, 6.45) is 6.70. The van der Waals surface area contributed by atoms with Gasteiger partial charge in [-0.25, -0.2) is 0 Å². The standard InChI is InChI=1S/C8H13O2P/c1-4-8-5-6-11(3,9)10-7(8)2/h1,7-8H,5-6H2,2-3H3. The molecule has 0 saturated carbocycles. The fourth-order valence-electron chi connectivity index (χ4n) is 1.31. The second-order valence-corrected chi connectivity index (χ2v) is 5.80. The fraction of sp³-hybridized carbons (Fsp3) is 0.750. The minimum absolute atomic E-state index is 0.0374. The first-order valence-corrected chi connectivity index (χ1v) is 6.02. The molecule has 0 aromatic heterocycles. The Bertz CT molecular complexity index is 229. The summed E-state index contributed by atoms with van der Waals surface area (Å²) in [5.41, 5.74) is 0. The van der Waals surface area contributed by atoms with Gasteiger partial charge < -0.3 is 4.52 Å². The zero-order valence-corrected chi connectivity index (χ0v) is 7.80. The predicted molar refractivity (Wildman–Crippen MR) is 45.9 cm³/mol. The van der Waals surface area contributed by atoms with Crippen LogP contribution >= 0.6 is 7.37 Å². The van der Waals surface area contributed by atoms with Gasteiger partial charge in [-0.05, 0) is 13.3 Å². The van der Waals surface area contributed by atoms with Crippen LogP contribution in [0, 0.1) is 18.3 Å². The van der Waals surface area contributed by atoms with Gasteiger partial charge in [0.25, 0.3) is 0 Å². The highest BCUT2D eigenvalue weighted by Crippen LogP contribution is 2.49. The molecule has 0 aromatic carbocycles. The van der Waals surface area contributed by atoms with Gasteiger partial charge in [-0.15, -0.1) is 12.3 Å². The molecule has 62 valence electrons. The third-order valence-electron chi connectivity index (χ3n) is 2.02. The van der Waals surface area contributed by atoms with Gasteiger partial charge in [0.1, 0.15) is 0 Å². The average Bonchev–Trinajstić information content (AvgIpc) is 1.86. The molecule has 3 unspecified atom stereocenters. The van der Waals surface area contributed by atoms with Crippen molar-refractivity contribution in [2.45, 2.75) is 19.4 Å². The van der Waals surface area contributed by atoms with Crippen LogP contribution in [0.3, 0.4) is 0 Å². The maximum absolute atomic E-state index is 11.4. The van der Waals surface area contributed by atoms with Crippen molar-refractivity contribution in [2.75, 3.05) is 12.8 Å². The van der Waals surface area contributed by atoms with Gasteiger partial charge in [0.15, 0.2) is 0 Å². The zero-order chi connectivity index (χ0) is 8.48. The Balaban J connectivity index is 2.64. The van der Waals surface area contributed by atoms with E-state index >= 15 is 0 Å². The van der Waals surface area contributed by atoms with Crippen LogP contribution in [-0.2, 0) is 9.09 Å². The molecule has 1 aliphatic rings. The van der Waals surface area contributed by atoms with Crippen LogP contribution in [0.15, 0.2) is 0 Å². The van der Waals surface area contributed by atoms with E-state index in [0.717, 1.165) is 6.42 Å². The molecule has 0 N–H and O–H groups in total. The molecule has 3 heteroatoms. The lowest BCUT2D eigenvalue weighted by Gasteiger charge is -2.29. The predicted octanol–water partition coefficient (Wildman–Crippen LogP) is 1.95. The Morgan fingerprint density at radius 1 is 1.73 bits per heavy atom. The van der Waals surface area contributed by atoms with Crippen molar-refractivity contribution < 1.29 is 9.09 Å². The fourth-order valence-corrected chi connectivity index (χ4v) is 3.01. The quantitative estimate of drug-likeness (QED) is 0.412. The van der Waals surface area contributed by atoms with Crippen molar-refractivity contribution in [1.82, 2.24) is 0 Å². The number of hydrogen-bond donors (Lipinski definition) is 0. The summed E-state index contributed by atoms with van der Waals surface area (Å²) in [6, 6.07) is 0. The molecular weight excluding hydrogens is 159 g/mol. The highest BCUT2D eigenvalue weighted by atomic mass is 31.2. The minimum atomic E-state index is -2.29. The first-order valence-electron chi connectivity index (χ1n) is 3.76. The molecule has 0 amide bonds. The molecule has 11 heavy (non-hydrogen) atoms. The molecular formula is C8H13O2P. The minimum Gasteiger partial charge on any atom is -0.324 e. The molecule has 3 atom stereocenters. The largest absolute Gasteiger partial charge is 0.324 e. The molecule has 1 saturated heterocycles. The van der Waals surface area contributed by atoms with Crippen molar-refractivity contribution in [3.8, 4) is 12.3 Å². The van der Waals surface area contributed by atoms with E-state index in [4.69, 9.17) is 10.9 Å². The van der Waals surface area contributed by atoms with Gasteiger partial charge in [-0.1, -0.05) is 0 Å². The van der Waals surface area contributed by atoms with Crippen molar-refractivity contribution in [3.63, 3.8) is 0 Å². The van der Waals surface area contributed by atoms with Crippen LogP contribution in [0.1, 0.15) is 13.3 Å². The molecule has 0 aromatic rings. The molecule has 0 radical (unpaired) electrons. The van der Waals surface area contributed by atoms with Crippen LogP contribution in [0.25, 0.3) is 0 Å². The van der Waals surface area contributed by atoms with Crippen molar-refractivity contribution in [2.24, 2.45) is 5.92 Å². The zero-order valence-electron chi connectivity index (χ0n) is 6.91. The number of hydrogen-bond acceptors (Lipinski definition) is 2. The molecule has 1 heterocycles. The van der Waals surface area contributed by atoms with E-state index in [1.807, 2.05) is 6.92 Å². The SMILES string of the molecule is C#CC1CCP(C)(=O)OC1C.